The van der Waals surface area contributed by atoms with Crippen LogP contribution >= 0.6 is 0 Å². The van der Waals surface area contributed by atoms with Crippen molar-refractivity contribution < 1.29 is 0 Å². The lowest BCUT2D eigenvalue weighted by atomic mass is 9.80. The minimum absolute atomic E-state index is 0.149. The number of hydrogen-bond acceptors (Lipinski definition) is 0. The summed E-state index contributed by atoms with van der Waals surface area (Å²) < 4.78 is 0. The van der Waals surface area contributed by atoms with Crippen LogP contribution in [0.15, 0.2) is 194 Å². The van der Waals surface area contributed by atoms with Crippen LogP contribution in [-0.4, -0.2) is 0 Å². The van der Waals surface area contributed by atoms with Crippen LogP contribution in [0.1, 0.15) is 25.0 Å². The third-order valence-corrected chi connectivity index (χ3v) is 13.7. The van der Waals surface area contributed by atoms with Gasteiger partial charge >= 0.3 is 0 Å². The van der Waals surface area contributed by atoms with E-state index < -0.39 is 0 Å². The quantitative estimate of drug-likeness (QED) is 0.157. The normalized spacial score (nSPS) is 13.4. The molecule has 0 aromatic heterocycles. The highest BCUT2D eigenvalue weighted by Gasteiger charge is 2.36. The van der Waals surface area contributed by atoms with Gasteiger partial charge in [-0.2, -0.15) is 0 Å². The summed E-state index contributed by atoms with van der Waals surface area (Å²) in [5, 5.41) is 15.9. The van der Waals surface area contributed by atoms with E-state index in [0.717, 1.165) is 0 Å². The van der Waals surface area contributed by atoms with Gasteiger partial charge in [0.2, 0.25) is 0 Å². The summed E-state index contributed by atoms with van der Waals surface area (Å²) in [5.74, 6) is 0. The zero-order valence-electron chi connectivity index (χ0n) is 33.0. The molecule has 0 N–H and O–H groups in total. The Morgan fingerprint density at radius 1 is 0.254 bits per heavy atom. The van der Waals surface area contributed by atoms with E-state index in [4.69, 9.17) is 0 Å². The van der Waals surface area contributed by atoms with Gasteiger partial charge in [-0.1, -0.05) is 184 Å². The van der Waals surface area contributed by atoms with E-state index in [0.29, 0.717) is 0 Å². The first-order valence-electron chi connectivity index (χ1n) is 20.8. The van der Waals surface area contributed by atoms with E-state index in [1.165, 1.54) is 131 Å². The molecule has 0 radical (unpaired) electrons. The van der Waals surface area contributed by atoms with E-state index in [1.54, 1.807) is 0 Å². The molecule has 274 valence electrons. The number of hydrogen-bond donors (Lipinski definition) is 0. The maximum Gasteiger partial charge on any atom is 0.0159 e. The van der Waals surface area contributed by atoms with Gasteiger partial charge in [-0.15, -0.1) is 0 Å². The summed E-state index contributed by atoms with van der Waals surface area (Å²) >= 11 is 0. The predicted octanol–water partition coefficient (Wildman–Crippen LogP) is 16.5. The highest BCUT2D eigenvalue weighted by atomic mass is 14.4. The van der Waals surface area contributed by atoms with Crippen molar-refractivity contribution >= 4 is 64.6 Å². The van der Waals surface area contributed by atoms with E-state index >= 15 is 0 Å². The largest absolute Gasteiger partial charge is 0.0610 e. The Balaban J connectivity index is 0.865. The van der Waals surface area contributed by atoms with Gasteiger partial charge in [0.1, 0.15) is 0 Å². The Bertz CT molecular complexity index is 3420. The van der Waals surface area contributed by atoms with E-state index in [1.807, 2.05) is 0 Å². The highest BCUT2D eigenvalue weighted by Crippen LogP contribution is 2.51. The molecule has 0 fully saturated rings. The van der Waals surface area contributed by atoms with E-state index in [9.17, 15) is 0 Å². The van der Waals surface area contributed by atoms with Crippen LogP contribution in [0.3, 0.4) is 0 Å². The monoisotopic (exact) mass is 746 g/mol. The Labute approximate surface area is 343 Å². The molecule has 0 bridgehead atoms. The summed E-state index contributed by atoms with van der Waals surface area (Å²) in [6.45, 7) is 4.79. The van der Waals surface area contributed by atoms with Crippen LogP contribution < -0.4 is 0 Å². The molecule has 12 aromatic rings. The van der Waals surface area contributed by atoms with Crippen LogP contribution in [0.4, 0.5) is 0 Å². The molecule has 0 nitrogen and oxygen atoms in total. The highest BCUT2D eigenvalue weighted by molar-refractivity contribution is 6.26. The fourth-order valence-electron chi connectivity index (χ4n) is 10.8. The van der Waals surface area contributed by atoms with Crippen molar-refractivity contribution in [2.75, 3.05) is 0 Å². The third kappa shape index (κ3) is 4.66. The van der Waals surface area contributed by atoms with Gasteiger partial charge < -0.3 is 0 Å². The number of rotatable bonds is 4. The number of benzene rings is 12. The fourth-order valence-corrected chi connectivity index (χ4v) is 10.8. The lowest BCUT2D eigenvalue weighted by molar-refractivity contribution is 0.661. The molecule has 0 amide bonds. The van der Waals surface area contributed by atoms with Crippen molar-refractivity contribution in [2.45, 2.75) is 19.3 Å². The second-order valence-corrected chi connectivity index (χ2v) is 17.2. The molecule has 1 aliphatic rings. The first kappa shape index (κ1) is 32.8. The Morgan fingerprint density at radius 3 is 1.02 bits per heavy atom. The Kier molecular flexibility index (Phi) is 6.60. The first-order valence-corrected chi connectivity index (χ1v) is 20.8. The lowest BCUT2D eigenvalue weighted by Gasteiger charge is -2.23. The summed E-state index contributed by atoms with van der Waals surface area (Å²) in [5.41, 5.74) is 15.4. The van der Waals surface area contributed by atoms with Gasteiger partial charge in [0, 0.05) is 5.41 Å². The van der Waals surface area contributed by atoms with Crippen LogP contribution in [0, 0.1) is 0 Å². The molecule has 0 saturated carbocycles. The van der Waals surface area contributed by atoms with Crippen molar-refractivity contribution in [1.29, 1.82) is 0 Å². The minimum atomic E-state index is -0.149. The molecule has 0 spiro atoms. The average molecular weight is 747 g/mol. The topological polar surface area (TPSA) is 0 Å². The van der Waals surface area contributed by atoms with Gasteiger partial charge in [-0.25, -0.2) is 0 Å². The van der Waals surface area contributed by atoms with Crippen LogP contribution in [0.2, 0.25) is 0 Å². The third-order valence-electron chi connectivity index (χ3n) is 13.7. The van der Waals surface area contributed by atoms with Gasteiger partial charge in [-0.3, -0.25) is 0 Å². The zero-order chi connectivity index (χ0) is 39.0. The first-order chi connectivity index (χ1) is 29.0. The van der Waals surface area contributed by atoms with Crippen molar-refractivity contribution in [2.24, 2.45) is 0 Å². The average Bonchev–Trinajstić information content (AvgIpc) is 3.52. The van der Waals surface area contributed by atoms with Crippen molar-refractivity contribution in [1.82, 2.24) is 0 Å². The standard InChI is InChI=1S/C59H38/c1-59(2)53-33-43(41-11-5-13-45(31-41)47-25-19-39-17-15-35-7-3-9-37-21-29-51(47)57(39)55(35)37)23-27-49(53)50-28-24-44(34-54(50)59)42-12-6-14-46(32-42)48-26-20-40-18-16-36-8-4-10-38-22-30-52(48)58(40)56(36)38/h3-34H,1-2H3. The smallest absolute Gasteiger partial charge is 0.0159 e. The molecule has 0 heterocycles. The van der Waals surface area contributed by atoms with Gasteiger partial charge in [0.15, 0.2) is 0 Å². The molecule has 0 unspecified atom stereocenters. The fraction of sp³-hybridized carbons (Fsp3) is 0.0508. The van der Waals surface area contributed by atoms with Gasteiger partial charge in [0.25, 0.3) is 0 Å². The molecule has 59 heavy (non-hydrogen) atoms. The maximum absolute atomic E-state index is 2.45. The molecule has 0 aliphatic heterocycles. The predicted molar refractivity (Wildman–Crippen MR) is 253 cm³/mol. The second-order valence-electron chi connectivity index (χ2n) is 17.2. The van der Waals surface area contributed by atoms with Crippen molar-refractivity contribution in [3.05, 3.63) is 205 Å². The Morgan fingerprint density at radius 2 is 0.576 bits per heavy atom. The van der Waals surface area contributed by atoms with E-state index in [2.05, 4.69) is 208 Å². The van der Waals surface area contributed by atoms with Gasteiger partial charge in [-0.05, 0) is 156 Å². The molecule has 13 rings (SSSR count). The Hall–Kier alpha value is -7.28. The summed E-state index contributed by atoms with van der Waals surface area (Å²) in [4.78, 5) is 0. The molecule has 0 atom stereocenters. The van der Waals surface area contributed by atoms with Crippen molar-refractivity contribution in [3.8, 4) is 55.6 Å². The summed E-state index contributed by atoms with van der Waals surface area (Å²) in [7, 11) is 0. The minimum Gasteiger partial charge on any atom is -0.0610 e. The molecule has 0 saturated heterocycles. The van der Waals surface area contributed by atoms with Crippen LogP contribution in [0.25, 0.3) is 120 Å². The molecule has 1 aliphatic carbocycles. The van der Waals surface area contributed by atoms with Crippen LogP contribution in [-0.2, 0) is 5.41 Å². The maximum atomic E-state index is 2.45. The zero-order valence-corrected chi connectivity index (χ0v) is 33.0. The SMILES string of the molecule is CC1(C)c2cc(-c3cccc(-c4ccc5ccc6cccc7ccc4c5c67)c3)ccc2-c2ccc(-c3cccc(-c4ccc5ccc6cccc7ccc4c5c67)c3)cc21. The molecular formula is C59H38. The van der Waals surface area contributed by atoms with Crippen LogP contribution in [0.5, 0.6) is 0 Å². The molecular weight excluding hydrogens is 709 g/mol. The van der Waals surface area contributed by atoms with Gasteiger partial charge in [0.05, 0.1) is 0 Å². The lowest BCUT2D eigenvalue weighted by Crippen LogP contribution is -2.15. The number of fused-ring (bicyclic) bond motifs is 3. The van der Waals surface area contributed by atoms with E-state index in [-0.39, 0.29) is 5.41 Å². The second kappa shape index (κ2) is 11.9. The van der Waals surface area contributed by atoms with Crippen molar-refractivity contribution in [3.63, 3.8) is 0 Å². The molecule has 0 heteroatoms. The summed E-state index contributed by atoms with van der Waals surface area (Å²) in [6, 6.07) is 73.2. The molecule has 12 aromatic carbocycles. The summed E-state index contributed by atoms with van der Waals surface area (Å²) in [6.07, 6.45) is 0.